The molecule has 0 aliphatic heterocycles. The standard InChI is InChI=1S/C24H35N5O5S/c1-12(2)19(25)22(31)29-20(13(3)4)23(32)27-17(21(30)28-18(11-35)24(33)34)9-14-10-26-16-8-6-5-7-15(14)16/h5-8,10,12-13,17-20,26,35H,9,11,25H2,1-4H3,(H,27,32)(H,28,30)(H,29,31)(H,33,34). The van der Waals surface area contributed by atoms with Crippen molar-refractivity contribution in [3.05, 3.63) is 36.0 Å². The summed E-state index contributed by atoms with van der Waals surface area (Å²) in [6.45, 7) is 7.14. The van der Waals surface area contributed by atoms with Crippen LogP contribution in [0.15, 0.2) is 30.5 Å². The molecule has 0 bridgehead atoms. The molecule has 0 radical (unpaired) electrons. The molecule has 4 unspecified atom stereocenters. The summed E-state index contributed by atoms with van der Waals surface area (Å²) in [4.78, 5) is 53.4. The molecule has 0 spiro atoms. The molecule has 1 heterocycles. The van der Waals surface area contributed by atoms with E-state index in [1.165, 1.54) is 0 Å². The molecular weight excluding hydrogens is 470 g/mol. The number of H-pyrrole nitrogens is 1. The molecule has 1 aromatic heterocycles. The van der Waals surface area contributed by atoms with Crippen LogP contribution in [0.2, 0.25) is 0 Å². The highest BCUT2D eigenvalue weighted by Crippen LogP contribution is 2.19. The normalized spacial score (nSPS) is 14.9. The number of carbonyl (C=O) groups excluding carboxylic acids is 3. The Balaban J connectivity index is 2.30. The van der Waals surface area contributed by atoms with Gasteiger partial charge in [-0.15, -0.1) is 0 Å². The minimum Gasteiger partial charge on any atom is -0.480 e. The quantitative estimate of drug-likeness (QED) is 0.211. The molecule has 3 amide bonds. The number of amides is 3. The number of aliphatic carboxylic acids is 1. The first-order valence-electron chi connectivity index (χ1n) is 11.5. The van der Waals surface area contributed by atoms with Crippen LogP contribution in [0.4, 0.5) is 0 Å². The Hall–Kier alpha value is -3.05. The number of nitrogens with one attached hydrogen (secondary N) is 4. The lowest BCUT2D eigenvalue weighted by Crippen LogP contribution is -2.59. The van der Waals surface area contributed by atoms with Gasteiger partial charge in [-0.2, -0.15) is 12.6 Å². The van der Waals surface area contributed by atoms with Gasteiger partial charge in [0.1, 0.15) is 18.1 Å². The maximum Gasteiger partial charge on any atom is 0.327 e. The van der Waals surface area contributed by atoms with Crippen molar-refractivity contribution in [2.75, 3.05) is 5.75 Å². The Labute approximate surface area is 210 Å². The Bertz CT molecular complexity index is 1050. The second-order valence-corrected chi connectivity index (χ2v) is 9.57. The number of thiol groups is 1. The van der Waals surface area contributed by atoms with Crippen LogP contribution in [0.3, 0.4) is 0 Å². The second-order valence-electron chi connectivity index (χ2n) is 9.21. The summed E-state index contributed by atoms with van der Waals surface area (Å²) >= 11 is 3.99. The molecule has 10 nitrogen and oxygen atoms in total. The third kappa shape index (κ3) is 7.46. The summed E-state index contributed by atoms with van der Waals surface area (Å²) in [6.07, 6.45) is 1.85. The molecule has 0 aliphatic rings. The molecular formula is C24H35N5O5S. The van der Waals surface area contributed by atoms with Crippen molar-refractivity contribution in [1.82, 2.24) is 20.9 Å². The number of para-hydroxylation sites is 1. The predicted molar refractivity (Wildman–Crippen MR) is 137 cm³/mol. The van der Waals surface area contributed by atoms with Gasteiger partial charge in [-0.1, -0.05) is 45.9 Å². The molecule has 0 fully saturated rings. The minimum absolute atomic E-state index is 0.102. The fourth-order valence-electron chi connectivity index (χ4n) is 3.54. The summed E-state index contributed by atoms with van der Waals surface area (Å²) in [7, 11) is 0. The van der Waals surface area contributed by atoms with Gasteiger partial charge in [0.05, 0.1) is 6.04 Å². The van der Waals surface area contributed by atoms with Crippen molar-refractivity contribution < 1.29 is 24.3 Å². The molecule has 0 saturated heterocycles. The van der Waals surface area contributed by atoms with Crippen molar-refractivity contribution in [2.45, 2.75) is 58.3 Å². The number of rotatable bonds is 12. The number of benzene rings is 1. The Morgan fingerprint density at radius 1 is 0.943 bits per heavy atom. The van der Waals surface area contributed by atoms with Crippen molar-refractivity contribution in [1.29, 1.82) is 0 Å². The number of hydrogen-bond donors (Lipinski definition) is 7. The Morgan fingerprint density at radius 3 is 2.14 bits per heavy atom. The Morgan fingerprint density at radius 2 is 1.57 bits per heavy atom. The summed E-state index contributed by atoms with van der Waals surface area (Å²) in [5, 5.41) is 18.0. The molecule has 11 heteroatoms. The molecule has 0 aliphatic carbocycles. The van der Waals surface area contributed by atoms with Gasteiger partial charge < -0.3 is 31.8 Å². The zero-order valence-corrected chi connectivity index (χ0v) is 21.3. The van der Waals surface area contributed by atoms with Crippen LogP contribution >= 0.6 is 12.6 Å². The highest BCUT2D eigenvalue weighted by atomic mass is 32.1. The van der Waals surface area contributed by atoms with Gasteiger partial charge in [-0.05, 0) is 23.5 Å². The first kappa shape index (κ1) is 28.2. The molecule has 0 saturated carbocycles. The van der Waals surface area contributed by atoms with E-state index in [9.17, 15) is 24.3 Å². The van der Waals surface area contributed by atoms with Crippen molar-refractivity contribution in [3.63, 3.8) is 0 Å². The van der Waals surface area contributed by atoms with E-state index in [1.807, 2.05) is 24.3 Å². The number of aromatic amines is 1. The smallest absolute Gasteiger partial charge is 0.327 e. The third-order valence-electron chi connectivity index (χ3n) is 5.80. The van der Waals surface area contributed by atoms with Crippen LogP contribution in [0, 0.1) is 11.8 Å². The predicted octanol–water partition coefficient (Wildman–Crippen LogP) is 0.819. The SMILES string of the molecule is CC(C)C(N)C(=O)NC(C(=O)NC(Cc1c[nH]c2ccccc12)C(=O)NC(CS)C(=O)O)C(C)C. The highest BCUT2D eigenvalue weighted by Gasteiger charge is 2.32. The fourth-order valence-corrected chi connectivity index (χ4v) is 3.78. The lowest BCUT2D eigenvalue weighted by atomic mass is 9.99. The van der Waals surface area contributed by atoms with E-state index in [0.717, 1.165) is 16.5 Å². The van der Waals surface area contributed by atoms with Crippen LogP contribution in [0.1, 0.15) is 33.3 Å². The third-order valence-corrected chi connectivity index (χ3v) is 6.16. The van der Waals surface area contributed by atoms with Crippen LogP contribution in [-0.4, -0.2) is 63.7 Å². The van der Waals surface area contributed by atoms with Crippen LogP contribution in [-0.2, 0) is 25.6 Å². The fraction of sp³-hybridized carbons (Fsp3) is 0.500. The van der Waals surface area contributed by atoms with E-state index in [1.54, 1.807) is 33.9 Å². The average molecular weight is 506 g/mol. The maximum atomic E-state index is 13.2. The van der Waals surface area contributed by atoms with Gasteiger partial charge >= 0.3 is 5.97 Å². The van der Waals surface area contributed by atoms with Crippen LogP contribution < -0.4 is 21.7 Å². The average Bonchev–Trinajstić information content (AvgIpc) is 3.21. The summed E-state index contributed by atoms with van der Waals surface area (Å²) in [5.41, 5.74) is 7.56. The van der Waals surface area contributed by atoms with Crippen molar-refractivity contribution in [2.24, 2.45) is 17.6 Å². The van der Waals surface area contributed by atoms with Gasteiger partial charge in [0.25, 0.3) is 0 Å². The minimum atomic E-state index is -1.24. The molecule has 192 valence electrons. The van der Waals surface area contributed by atoms with Crippen molar-refractivity contribution in [3.8, 4) is 0 Å². The number of carbonyl (C=O) groups is 4. The summed E-state index contributed by atoms with van der Waals surface area (Å²) in [6, 6.07) is 3.45. The molecule has 4 atom stereocenters. The number of fused-ring (bicyclic) bond motifs is 1. The zero-order chi connectivity index (χ0) is 26.3. The highest BCUT2D eigenvalue weighted by molar-refractivity contribution is 7.80. The first-order chi connectivity index (χ1) is 16.5. The van der Waals surface area contributed by atoms with Gasteiger partial charge in [0.15, 0.2) is 0 Å². The van der Waals surface area contributed by atoms with E-state index in [-0.39, 0.29) is 24.0 Å². The van der Waals surface area contributed by atoms with Gasteiger partial charge in [-0.25, -0.2) is 4.79 Å². The van der Waals surface area contributed by atoms with E-state index in [0.29, 0.717) is 0 Å². The topological polar surface area (TPSA) is 166 Å². The first-order valence-corrected chi connectivity index (χ1v) is 12.1. The number of carboxylic acids is 1. The van der Waals surface area contributed by atoms with Crippen LogP contribution in [0.25, 0.3) is 10.9 Å². The molecule has 35 heavy (non-hydrogen) atoms. The van der Waals surface area contributed by atoms with E-state index < -0.39 is 47.9 Å². The molecule has 1 aromatic carbocycles. The van der Waals surface area contributed by atoms with Gasteiger partial charge in [0, 0.05) is 29.3 Å². The molecule has 2 aromatic rings. The van der Waals surface area contributed by atoms with Crippen molar-refractivity contribution >= 4 is 47.2 Å². The Kier molecular flexibility index (Phi) is 10.1. The number of nitrogens with two attached hydrogens (primary N) is 1. The number of aromatic nitrogens is 1. The molecule has 7 N–H and O–H groups in total. The monoisotopic (exact) mass is 505 g/mol. The van der Waals surface area contributed by atoms with Gasteiger partial charge in [0.2, 0.25) is 17.7 Å². The largest absolute Gasteiger partial charge is 0.480 e. The van der Waals surface area contributed by atoms with Crippen LogP contribution in [0.5, 0.6) is 0 Å². The number of carboxylic acid groups (broad SMARTS) is 1. The van der Waals surface area contributed by atoms with E-state index in [4.69, 9.17) is 5.73 Å². The maximum absolute atomic E-state index is 13.2. The zero-order valence-electron chi connectivity index (χ0n) is 20.4. The van der Waals surface area contributed by atoms with E-state index >= 15 is 0 Å². The summed E-state index contributed by atoms with van der Waals surface area (Å²) < 4.78 is 0. The van der Waals surface area contributed by atoms with E-state index in [2.05, 4.69) is 33.6 Å². The summed E-state index contributed by atoms with van der Waals surface area (Å²) in [5.74, 6) is -3.47. The van der Waals surface area contributed by atoms with Gasteiger partial charge in [-0.3, -0.25) is 14.4 Å². The molecule has 2 rings (SSSR count). The second kappa shape index (κ2) is 12.6. The number of hydrogen-bond acceptors (Lipinski definition) is 6. The lowest BCUT2D eigenvalue weighted by molar-refractivity contribution is -0.141. The lowest BCUT2D eigenvalue weighted by Gasteiger charge is -2.27.